The van der Waals surface area contributed by atoms with E-state index in [0.29, 0.717) is 6.61 Å². The minimum absolute atomic E-state index is 0.0738. The number of unbranched alkanes of at least 4 members (excludes halogenated alkanes) is 6. The van der Waals surface area contributed by atoms with E-state index in [1.165, 1.54) is 38.5 Å². The summed E-state index contributed by atoms with van der Waals surface area (Å²) in [5.41, 5.74) is 0. The highest BCUT2D eigenvalue weighted by atomic mass is 28.5. The largest absolute Gasteiger partial charge is 0.437 e. The van der Waals surface area contributed by atoms with Crippen molar-refractivity contribution < 1.29 is 31.4 Å². The van der Waals surface area contributed by atoms with Crippen molar-refractivity contribution in [2.24, 2.45) is 0 Å². The lowest BCUT2D eigenvalue weighted by Crippen LogP contribution is -2.60. The van der Waals surface area contributed by atoms with Crippen LogP contribution in [0.15, 0.2) is 0 Å². The third-order valence-corrected chi connectivity index (χ3v) is 23.7. The molecular weight excluding hydrogens is 541 g/mol. The Hall–Kier alpha value is 0.804. The molecule has 0 amide bonds. The molecule has 0 rings (SSSR count). The van der Waals surface area contributed by atoms with Gasteiger partial charge in [-0.3, -0.25) is 0 Å². The molecule has 2 N–H and O–H groups in total. The summed E-state index contributed by atoms with van der Waals surface area (Å²) in [4.78, 5) is 0. The van der Waals surface area contributed by atoms with Crippen LogP contribution in [-0.2, 0) is 21.2 Å². The lowest BCUT2D eigenvalue weighted by Gasteiger charge is -2.44. The van der Waals surface area contributed by atoms with Gasteiger partial charge in [0.1, 0.15) is 0 Å². The van der Waals surface area contributed by atoms with E-state index < -0.39 is 48.6 Å². The summed E-state index contributed by atoms with van der Waals surface area (Å²) in [6.07, 6.45) is 8.14. The second-order valence-corrected chi connectivity index (χ2v) is 32.9. The molecule has 0 aliphatic heterocycles. The minimum Gasteiger partial charge on any atom is -0.437 e. The van der Waals surface area contributed by atoms with Crippen molar-refractivity contribution in [2.45, 2.75) is 142 Å². The first-order chi connectivity index (χ1) is 16.3. The maximum atomic E-state index is 9.05. The third-order valence-electron chi connectivity index (χ3n) is 5.39. The van der Waals surface area contributed by atoms with Gasteiger partial charge in [-0.1, -0.05) is 51.9 Å². The Morgan fingerprint density at radius 2 is 1.03 bits per heavy atom. The molecule has 0 saturated carbocycles. The van der Waals surface area contributed by atoms with Crippen molar-refractivity contribution in [1.29, 1.82) is 0 Å². The predicted octanol–water partition coefficient (Wildman–Crippen LogP) is 7.04. The fraction of sp³-hybridized carbons (Fsp3) is 1.00. The Labute approximate surface area is 228 Å². The SMILES string of the molecule is CCCCCCCCC[Si](C)(O[Si](C)(C)O[Si](C)(C)C)O[Si](C)(CCCOCC(O)O)O[Si](C)(C)C. The van der Waals surface area contributed by atoms with E-state index in [2.05, 4.69) is 72.4 Å². The van der Waals surface area contributed by atoms with Gasteiger partial charge in [-0.2, -0.15) is 0 Å². The topological polar surface area (TPSA) is 86.6 Å². The van der Waals surface area contributed by atoms with Gasteiger partial charge >= 0.3 is 25.7 Å². The molecule has 0 spiro atoms. The van der Waals surface area contributed by atoms with Crippen molar-refractivity contribution in [2.75, 3.05) is 13.2 Å². The smallest absolute Gasteiger partial charge is 0.317 e. The van der Waals surface area contributed by atoms with Gasteiger partial charge in [0.05, 0.1) is 6.61 Å². The minimum atomic E-state index is -2.58. The van der Waals surface area contributed by atoms with E-state index >= 15 is 0 Å². The summed E-state index contributed by atoms with van der Waals surface area (Å²) in [5.74, 6) is 0. The molecule has 0 radical (unpaired) electrons. The van der Waals surface area contributed by atoms with Gasteiger partial charge in [0.25, 0.3) is 0 Å². The van der Waals surface area contributed by atoms with Crippen molar-refractivity contribution >= 4 is 42.3 Å². The van der Waals surface area contributed by atoms with Crippen molar-refractivity contribution in [3.05, 3.63) is 0 Å². The Morgan fingerprint density at radius 1 is 0.556 bits per heavy atom. The van der Waals surface area contributed by atoms with Crippen LogP contribution in [-0.4, -0.2) is 72.0 Å². The Kier molecular flexibility index (Phi) is 17.2. The van der Waals surface area contributed by atoms with Gasteiger partial charge < -0.3 is 31.4 Å². The standard InChI is InChI=1S/C24H60O7Si5/c1-12-13-14-15-16-17-18-21-36(11,30-34(8,9)28-32(2,3)4)31-35(10,29-33(5,6)7)22-19-20-27-23-24(25)26/h24-26H,12-23H2,1-11H3. The Morgan fingerprint density at radius 3 is 1.53 bits per heavy atom. The summed E-state index contributed by atoms with van der Waals surface area (Å²) in [5, 5.41) is 18.1. The highest BCUT2D eigenvalue weighted by Gasteiger charge is 2.48. The maximum Gasteiger partial charge on any atom is 0.317 e. The number of rotatable bonds is 22. The van der Waals surface area contributed by atoms with E-state index in [0.717, 1.165) is 24.9 Å². The first-order valence-corrected chi connectivity index (χ1v) is 28.7. The van der Waals surface area contributed by atoms with Crippen LogP contribution in [0.1, 0.15) is 58.3 Å². The molecule has 0 aromatic heterocycles. The third kappa shape index (κ3) is 20.7. The predicted molar refractivity (Wildman–Crippen MR) is 163 cm³/mol. The highest BCUT2D eigenvalue weighted by molar-refractivity contribution is 6.90. The summed E-state index contributed by atoms with van der Waals surface area (Å²) < 4.78 is 32.8. The summed E-state index contributed by atoms with van der Waals surface area (Å²) >= 11 is 0. The van der Waals surface area contributed by atoms with E-state index in [4.69, 9.17) is 31.4 Å². The summed E-state index contributed by atoms with van der Waals surface area (Å²) in [7, 11) is -11.1. The molecule has 2 unspecified atom stereocenters. The number of ether oxygens (including phenoxy) is 1. The van der Waals surface area contributed by atoms with Crippen LogP contribution >= 0.6 is 0 Å². The number of aliphatic hydroxyl groups excluding tert-OH is 1. The average molecular weight is 601 g/mol. The van der Waals surface area contributed by atoms with Gasteiger partial charge in [0.2, 0.25) is 0 Å². The zero-order chi connectivity index (χ0) is 28.1. The Bertz CT molecular complexity index is 584. The first kappa shape index (κ1) is 36.8. The summed E-state index contributed by atoms with van der Waals surface area (Å²) in [6, 6.07) is 1.75. The molecule has 0 fully saturated rings. The molecule has 218 valence electrons. The maximum absolute atomic E-state index is 9.05. The van der Waals surface area contributed by atoms with Crippen LogP contribution < -0.4 is 0 Å². The molecule has 2 atom stereocenters. The zero-order valence-corrected chi connectivity index (χ0v) is 30.5. The fourth-order valence-electron chi connectivity index (χ4n) is 4.72. The highest BCUT2D eigenvalue weighted by Crippen LogP contribution is 2.32. The van der Waals surface area contributed by atoms with Gasteiger partial charge in [0.15, 0.2) is 22.9 Å². The molecule has 36 heavy (non-hydrogen) atoms. The van der Waals surface area contributed by atoms with Gasteiger partial charge in [0, 0.05) is 6.61 Å². The van der Waals surface area contributed by atoms with Crippen LogP contribution in [0.5, 0.6) is 0 Å². The quantitative estimate of drug-likeness (QED) is 0.0783. The second kappa shape index (κ2) is 16.8. The first-order valence-electron chi connectivity index (χ1n) is 14.0. The van der Waals surface area contributed by atoms with E-state index in [1.54, 1.807) is 0 Å². The molecule has 0 saturated heterocycles. The van der Waals surface area contributed by atoms with Crippen LogP contribution in [0.4, 0.5) is 0 Å². The molecule has 0 bridgehead atoms. The molecule has 12 heteroatoms. The van der Waals surface area contributed by atoms with E-state index in [-0.39, 0.29) is 6.61 Å². The molecule has 7 nitrogen and oxygen atoms in total. The number of hydrogen-bond acceptors (Lipinski definition) is 7. The lowest BCUT2D eigenvalue weighted by molar-refractivity contribution is -0.0945. The summed E-state index contributed by atoms with van der Waals surface area (Å²) in [6.45, 7) is 24.7. The van der Waals surface area contributed by atoms with Gasteiger partial charge in [-0.15, -0.1) is 0 Å². The van der Waals surface area contributed by atoms with Gasteiger partial charge in [-0.25, -0.2) is 0 Å². The second-order valence-electron chi connectivity index (χ2n) is 12.8. The van der Waals surface area contributed by atoms with Crippen LogP contribution in [0.2, 0.25) is 77.6 Å². The zero-order valence-electron chi connectivity index (χ0n) is 25.5. The van der Waals surface area contributed by atoms with Gasteiger partial charge in [-0.05, 0) is 84.0 Å². The molecule has 0 heterocycles. The van der Waals surface area contributed by atoms with Crippen LogP contribution in [0.3, 0.4) is 0 Å². The molecule has 0 aliphatic carbocycles. The van der Waals surface area contributed by atoms with Crippen LogP contribution in [0, 0.1) is 0 Å². The average Bonchev–Trinajstić information content (AvgIpc) is 2.62. The number of hydrogen-bond donors (Lipinski definition) is 2. The van der Waals surface area contributed by atoms with E-state index in [9.17, 15) is 0 Å². The van der Waals surface area contributed by atoms with Crippen molar-refractivity contribution in [3.8, 4) is 0 Å². The van der Waals surface area contributed by atoms with E-state index in [1.807, 2.05) is 0 Å². The fourth-order valence-corrected chi connectivity index (χ4v) is 28.5. The molecular formula is C24H60O7Si5. The Balaban J connectivity index is 5.53. The lowest BCUT2D eigenvalue weighted by atomic mass is 10.1. The normalized spacial score (nSPS) is 16.8. The van der Waals surface area contributed by atoms with Crippen molar-refractivity contribution in [3.63, 3.8) is 0 Å². The monoisotopic (exact) mass is 600 g/mol. The molecule has 0 aliphatic rings. The van der Waals surface area contributed by atoms with Crippen LogP contribution in [0.25, 0.3) is 0 Å². The molecule has 0 aromatic rings. The number of aliphatic hydroxyl groups is 2. The molecule has 0 aromatic carbocycles. The van der Waals surface area contributed by atoms with Crippen molar-refractivity contribution in [1.82, 2.24) is 0 Å².